The van der Waals surface area contributed by atoms with Crippen LogP contribution >= 0.6 is 0 Å². The molecule has 6 nitrogen and oxygen atoms in total. The van der Waals surface area contributed by atoms with Gasteiger partial charge in [-0.1, -0.05) is 30.3 Å². The summed E-state index contributed by atoms with van der Waals surface area (Å²) in [4.78, 5) is 43.7. The number of hydrogen-bond donors (Lipinski definition) is 1. The Labute approximate surface area is 187 Å². The summed E-state index contributed by atoms with van der Waals surface area (Å²) >= 11 is 0. The largest absolute Gasteiger partial charge is 0.418 e. The van der Waals surface area contributed by atoms with Gasteiger partial charge in [-0.25, -0.2) is 4.90 Å². The van der Waals surface area contributed by atoms with Crippen LogP contribution in [-0.2, 0) is 26.1 Å². The van der Waals surface area contributed by atoms with Crippen molar-refractivity contribution in [3.63, 3.8) is 0 Å². The second kappa shape index (κ2) is 6.44. The number of anilines is 2. The molecule has 3 saturated heterocycles. The third-order valence-corrected chi connectivity index (χ3v) is 7.69. The van der Waals surface area contributed by atoms with Crippen LogP contribution in [-0.4, -0.2) is 35.2 Å². The predicted octanol–water partition coefficient (Wildman–Crippen LogP) is 3.45. The summed E-state index contributed by atoms with van der Waals surface area (Å²) in [5.74, 6) is -3.76. The molecule has 170 valence electrons. The maximum absolute atomic E-state index is 13.8. The Hall–Kier alpha value is -3.20. The summed E-state index contributed by atoms with van der Waals surface area (Å²) < 4.78 is 41.2. The number of rotatable bonds is 1. The number of para-hydroxylation sites is 2. The highest BCUT2D eigenvalue weighted by Crippen LogP contribution is 2.61. The predicted molar refractivity (Wildman–Crippen MR) is 112 cm³/mol. The summed E-state index contributed by atoms with van der Waals surface area (Å²) in [6, 6.07) is 9.65. The van der Waals surface area contributed by atoms with Gasteiger partial charge in [-0.3, -0.25) is 19.3 Å². The summed E-state index contributed by atoms with van der Waals surface area (Å²) in [7, 11) is 0. The number of hydrogen-bond acceptors (Lipinski definition) is 4. The highest BCUT2D eigenvalue weighted by Gasteiger charge is 2.74. The molecule has 0 bridgehead atoms. The SMILES string of the molecule is Cc1cccc2c1NC(=O)[C@]21[C@@H]2C(=O)N(c3ccccc3C(F)(F)F)C(=O)[C@@H]2[C@@H]2CCCN21. The minimum absolute atomic E-state index is 0.383. The normalized spacial score (nSPS) is 30.7. The van der Waals surface area contributed by atoms with E-state index in [1.807, 2.05) is 17.9 Å². The molecule has 1 N–H and O–H groups in total. The van der Waals surface area contributed by atoms with Gasteiger partial charge in [0.25, 0.3) is 0 Å². The minimum atomic E-state index is -4.74. The van der Waals surface area contributed by atoms with Crippen LogP contribution in [0, 0.1) is 18.8 Å². The number of aryl methyl sites for hydroxylation is 1. The Morgan fingerprint density at radius 1 is 1.03 bits per heavy atom. The number of nitrogens with one attached hydrogen (secondary N) is 1. The molecule has 4 aliphatic rings. The van der Waals surface area contributed by atoms with Crippen LogP contribution in [0.3, 0.4) is 0 Å². The molecule has 0 saturated carbocycles. The fraction of sp³-hybridized carbons (Fsp3) is 0.375. The first-order chi connectivity index (χ1) is 15.7. The van der Waals surface area contributed by atoms with Gasteiger partial charge in [0, 0.05) is 17.3 Å². The standard InChI is InChI=1S/C24H20F3N3O3/c1-12-6-4-8-14-19(12)28-22(33)23(14)18-17(16-10-5-11-29(16)23)20(31)30(21(18)32)15-9-3-2-7-13(15)24(25,26)27/h2-4,6-9,16-18H,5,10-11H2,1H3,(H,28,33)/t16-,17+,18-,23+/m0/s1. The fourth-order valence-corrected chi connectivity index (χ4v) is 6.52. The number of benzene rings is 2. The maximum atomic E-state index is 13.8. The lowest BCUT2D eigenvalue weighted by Gasteiger charge is -2.36. The Bertz CT molecular complexity index is 1240. The van der Waals surface area contributed by atoms with Gasteiger partial charge in [0.05, 0.1) is 23.1 Å². The van der Waals surface area contributed by atoms with E-state index in [1.54, 1.807) is 12.1 Å². The molecule has 0 radical (unpaired) electrons. The molecule has 3 amide bonds. The summed E-state index contributed by atoms with van der Waals surface area (Å²) in [5, 5.41) is 2.91. The molecule has 0 aliphatic carbocycles. The Balaban J connectivity index is 1.57. The number of amides is 3. The van der Waals surface area contributed by atoms with Crippen molar-refractivity contribution in [3.05, 3.63) is 59.2 Å². The molecule has 33 heavy (non-hydrogen) atoms. The quantitative estimate of drug-likeness (QED) is 0.669. The number of alkyl halides is 3. The molecular formula is C24H20F3N3O3. The van der Waals surface area contributed by atoms with E-state index >= 15 is 0 Å². The van der Waals surface area contributed by atoms with Crippen LogP contribution in [0.5, 0.6) is 0 Å². The first kappa shape index (κ1) is 20.4. The fourth-order valence-electron chi connectivity index (χ4n) is 6.52. The van der Waals surface area contributed by atoms with E-state index in [-0.39, 0.29) is 6.04 Å². The van der Waals surface area contributed by atoms with Gasteiger partial charge < -0.3 is 5.32 Å². The van der Waals surface area contributed by atoms with Gasteiger partial charge in [0.2, 0.25) is 17.7 Å². The van der Waals surface area contributed by atoms with Crippen LogP contribution in [0.1, 0.15) is 29.5 Å². The van der Waals surface area contributed by atoms with Crippen molar-refractivity contribution in [1.82, 2.24) is 4.90 Å². The van der Waals surface area contributed by atoms with Gasteiger partial charge >= 0.3 is 6.18 Å². The summed E-state index contributed by atoms with van der Waals surface area (Å²) in [5.41, 5.74) is -0.856. The molecule has 3 fully saturated rings. The number of nitrogens with zero attached hydrogens (tertiary/aromatic N) is 2. The first-order valence-electron chi connectivity index (χ1n) is 10.9. The number of fused-ring (bicyclic) bond motifs is 7. The highest BCUT2D eigenvalue weighted by molar-refractivity contribution is 6.26. The monoisotopic (exact) mass is 455 g/mol. The van der Waals surface area contributed by atoms with Gasteiger partial charge in [-0.15, -0.1) is 0 Å². The zero-order chi connectivity index (χ0) is 23.3. The number of carbonyl (C=O) groups excluding carboxylic acids is 3. The van der Waals surface area contributed by atoms with Crippen LogP contribution < -0.4 is 10.2 Å². The topological polar surface area (TPSA) is 69.7 Å². The van der Waals surface area contributed by atoms with Gasteiger partial charge in [-0.2, -0.15) is 13.2 Å². The average Bonchev–Trinajstić information content (AvgIpc) is 3.47. The van der Waals surface area contributed by atoms with E-state index in [0.29, 0.717) is 29.1 Å². The van der Waals surface area contributed by atoms with Crippen LogP contribution in [0.15, 0.2) is 42.5 Å². The Morgan fingerprint density at radius 3 is 2.55 bits per heavy atom. The van der Waals surface area contributed by atoms with E-state index in [0.717, 1.165) is 24.1 Å². The average molecular weight is 455 g/mol. The summed E-state index contributed by atoms with van der Waals surface area (Å²) in [6.07, 6.45) is -3.39. The maximum Gasteiger partial charge on any atom is 0.418 e. The van der Waals surface area contributed by atoms with Crippen molar-refractivity contribution in [3.8, 4) is 0 Å². The molecule has 9 heteroatoms. The minimum Gasteiger partial charge on any atom is -0.324 e. The second-order valence-corrected chi connectivity index (χ2v) is 9.15. The van der Waals surface area contributed by atoms with E-state index in [2.05, 4.69) is 5.32 Å². The molecule has 4 atom stereocenters. The highest BCUT2D eigenvalue weighted by atomic mass is 19.4. The van der Waals surface area contributed by atoms with Crippen molar-refractivity contribution in [1.29, 1.82) is 0 Å². The summed E-state index contributed by atoms with van der Waals surface area (Å²) in [6.45, 7) is 2.39. The number of halogens is 3. The lowest BCUT2D eigenvalue weighted by molar-refractivity contribution is -0.138. The van der Waals surface area contributed by atoms with Gasteiger partial charge in [-0.05, 0) is 44.0 Å². The van der Waals surface area contributed by atoms with E-state index in [9.17, 15) is 27.6 Å². The van der Waals surface area contributed by atoms with Gasteiger partial charge in [0.1, 0.15) is 5.54 Å². The molecule has 2 aromatic rings. The molecule has 4 aliphatic heterocycles. The Kier molecular flexibility index (Phi) is 3.98. The molecular weight excluding hydrogens is 435 g/mol. The first-order valence-corrected chi connectivity index (χ1v) is 10.9. The number of imide groups is 1. The van der Waals surface area contributed by atoms with Gasteiger partial charge in [0.15, 0.2) is 0 Å². The van der Waals surface area contributed by atoms with Crippen molar-refractivity contribution in [2.75, 3.05) is 16.8 Å². The Morgan fingerprint density at radius 2 is 1.79 bits per heavy atom. The van der Waals surface area contributed by atoms with Crippen molar-refractivity contribution < 1.29 is 27.6 Å². The van der Waals surface area contributed by atoms with Crippen LogP contribution in [0.4, 0.5) is 24.5 Å². The lowest BCUT2D eigenvalue weighted by Crippen LogP contribution is -2.54. The molecule has 1 spiro atoms. The van der Waals surface area contributed by atoms with Crippen molar-refractivity contribution >= 4 is 29.1 Å². The molecule has 0 aromatic heterocycles. The van der Waals surface area contributed by atoms with Crippen molar-refractivity contribution in [2.24, 2.45) is 11.8 Å². The van der Waals surface area contributed by atoms with Crippen LogP contribution in [0.2, 0.25) is 0 Å². The van der Waals surface area contributed by atoms with E-state index in [4.69, 9.17) is 0 Å². The zero-order valence-corrected chi connectivity index (χ0v) is 17.6. The molecule has 2 aromatic carbocycles. The van der Waals surface area contributed by atoms with E-state index in [1.165, 1.54) is 12.1 Å². The van der Waals surface area contributed by atoms with Crippen LogP contribution in [0.25, 0.3) is 0 Å². The smallest absolute Gasteiger partial charge is 0.324 e. The van der Waals surface area contributed by atoms with E-state index < -0.39 is 52.5 Å². The third kappa shape index (κ3) is 2.35. The molecule has 0 unspecified atom stereocenters. The third-order valence-electron chi connectivity index (χ3n) is 7.69. The molecule has 4 heterocycles. The molecule has 6 rings (SSSR count). The lowest BCUT2D eigenvalue weighted by atomic mass is 9.75. The zero-order valence-electron chi connectivity index (χ0n) is 17.6. The number of carbonyl (C=O) groups is 3. The second-order valence-electron chi connectivity index (χ2n) is 9.15. The van der Waals surface area contributed by atoms with Crippen molar-refractivity contribution in [2.45, 2.75) is 37.5 Å².